The molecule has 0 saturated heterocycles. The Bertz CT molecular complexity index is 1280. The van der Waals surface area contributed by atoms with Crippen molar-refractivity contribution in [1.82, 2.24) is 5.32 Å². The molecule has 1 amide bonds. The van der Waals surface area contributed by atoms with Crippen LogP contribution in [-0.2, 0) is 29.8 Å². The Kier molecular flexibility index (Phi) is 6.22. The summed E-state index contributed by atoms with van der Waals surface area (Å²) >= 11 is 0. The summed E-state index contributed by atoms with van der Waals surface area (Å²) < 4.78 is 165. The average Bonchev–Trinajstić information content (AvgIpc) is 2.84. The summed E-state index contributed by atoms with van der Waals surface area (Å²) in [7, 11) is 0. The number of benzene rings is 2. The Labute approximate surface area is 213 Å². The second-order valence-electron chi connectivity index (χ2n) is 8.08. The summed E-state index contributed by atoms with van der Waals surface area (Å²) in [5.74, 6) is 0. The molecule has 2 aromatic carbocycles. The maximum atomic E-state index is 13.6. The molecule has 0 fully saturated rings. The van der Waals surface area contributed by atoms with E-state index >= 15 is 0 Å². The maximum Gasteiger partial charge on any atom is 0.416 e. The van der Waals surface area contributed by atoms with Gasteiger partial charge in [0.15, 0.2) is 0 Å². The molecule has 37 heavy (non-hydrogen) atoms. The monoisotopic (exact) mass is 547 g/mol. The fraction of sp³-hybridized carbons (Fsp3) is 0.458. The van der Waals surface area contributed by atoms with Crippen LogP contribution in [0.5, 0.6) is 0 Å². The largest absolute Gasteiger partial charge is 0.449 e. The van der Waals surface area contributed by atoms with Gasteiger partial charge < -0.3 is 10.1 Å². The molecule has 0 aromatic heterocycles. The molecule has 0 bridgehead atoms. The van der Waals surface area contributed by atoms with Gasteiger partial charge >= 0.3 is 24.6 Å². The predicted octanol–water partition coefficient (Wildman–Crippen LogP) is 7.72. The van der Waals surface area contributed by atoms with Gasteiger partial charge in [-0.1, -0.05) is 6.85 Å². The van der Waals surface area contributed by atoms with Crippen LogP contribution in [0.1, 0.15) is 67.3 Å². The van der Waals surface area contributed by atoms with Crippen LogP contribution in [0.2, 0.25) is 0 Å². The lowest BCUT2D eigenvalue weighted by atomic mass is 9.88. The normalized spacial score (nSPS) is 21.2. The van der Waals surface area contributed by atoms with Crippen molar-refractivity contribution in [2.75, 3.05) is 11.5 Å². The Morgan fingerprint density at radius 3 is 2.11 bits per heavy atom. The maximum absolute atomic E-state index is 13.6. The summed E-state index contributed by atoms with van der Waals surface area (Å²) in [5.41, 5.74) is -5.78. The standard InChI is InChI=1S/C24H23F9N2O2/c1-3-17-11-19(34-12-13-7-15(23(28,29)30)9-16(8-13)24(31,32)33)18-10-14(22(25,26)27)5-6-20(18)35(17)21(36)37-4-2/h5-10,17,19,34H,3-4,11-12H2,1-2H3/t17-,19-/m0/s1/i1D3,3D2. The Morgan fingerprint density at radius 1 is 1.00 bits per heavy atom. The van der Waals surface area contributed by atoms with Gasteiger partial charge in [0.2, 0.25) is 0 Å². The minimum Gasteiger partial charge on any atom is -0.449 e. The molecular formula is C24H23F9N2O2. The van der Waals surface area contributed by atoms with Gasteiger partial charge in [-0.15, -0.1) is 0 Å². The highest BCUT2D eigenvalue weighted by Crippen LogP contribution is 2.42. The second kappa shape index (κ2) is 10.4. The first-order valence-electron chi connectivity index (χ1n) is 13.2. The molecule has 1 heterocycles. The number of amides is 1. The van der Waals surface area contributed by atoms with Crippen LogP contribution < -0.4 is 10.2 Å². The molecule has 2 atom stereocenters. The van der Waals surface area contributed by atoms with Crippen LogP contribution in [-0.4, -0.2) is 18.7 Å². The van der Waals surface area contributed by atoms with Crippen LogP contribution in [0.25, 0.3) is 0 Å². The quantitative estimate of drug-likeness (QED) is 0.390. The molecule has 1 aliphatic heterocycles. The molecule has 0 saturated carbocycles. The van der Waals surface area contributed by atoms with Gasteiger partial charge in [-0.3, -0.25) is 4.90 Å². The lowest BCUT2D eigenvalue weighted by Gasteiger charge is -2.40. The number of nitrogens with zero attached hydrogens (tertiary/aromatic N) is 1. The van der Waals surface area contributed by atoms with Gasteiger partial charge in [0.05, 0.1) is 29.0 Å². The number of halogens is 9. The molecule has 1 N–H and O–H groups in total. The summed E-state index contributed by atoms with van der Waals surface area (Å²) in [6.07, 6.45) is -20.5. The Hall–Kier alpha value is -2.96. The molecule has 3 rings (SSSR count). The highest BCUT2D eigenvalue weighted by molar-refractivity contribution is 5.90. The van der Waals surface area contributed by atoms with Crippen molar-refractivity contribution in [2.45, 2.75) is 63.7 Å². The minimum absolute atomic E-state index is 0.104. The van der Waals surface area contributed by atoms with Gasteiger partial charge in [0, 0.05) is 25.5 Å². The van der Waals surface area contributed by atoms with Gasteiger partial charge in [-0.05, 0) is 67.2 Å². The molecule has 204 valence electrons. The van der Waals surface area contributed by atoms with Crippen LogP contribution >= 0.6 is 0 Å². The van der Waals surface area contributed by atoms with Crippen molar-refractivity contribution in [1.29, 1.82) is 0 Å². The van der Waals surface area contributed by atoms with Crippen LogP contribution in [0.15, 0.2) is 36.4 Å². The Morgan fingerprint density at radius 2 is 1.59 bits per heavy atom. The fourth-order valence-electron chi connectivity index (χ4n) is 3.95. The molecule has 0 unspecified atom stereocenters. The number of nitrogens with one attached hydrogen (secondary N) is 1. The van der Waals surface area contributed by atoms with Gasteiger partial charge in [0.1, 0.15) is 0 Å². The third-order valence-corrected chi connectivity index (χ3v) is 5.59. The van der Waals surface area contributed by atoms with E-state index < -0.39 is 85.2 Å². The zero-order chi connectivity index (χ0) is 32.1. The molecule has 4 nitrogen and oxygen atoms in total. The highest BCUT2D eigenvalue weighted by Gasteiger charge is 2.40. The molecule has 0 aliphatic carbocycles. The van der Waals surface area contributed by atoms with Crippen molar-refractivity contribution >= 4 is 11.8 Å². The van der Waals surface area contributed by atoms with E-state index in [4.69, 9.17) is 11.6 Å². The summed E-state index contributed by atoms with van der Waals surface area (Å²) in [4.78, 5) is 13.4. The number of rotatable bonds is 5. The summed E-state index contributed by atoms with van der Waals surface area (Å²) in [6, 6.07) is -0.738. The van der Waals surface area contributed by atoms with Crippen LogP contribution in [0.3, 0.4) is 0 Å². The summed E-state index contributed by atoms with van der Waals surface area (Å²) in [5, 5.41) is 2.54. The molecule has 13 heteroatoms. The molecule has 0 radical (unpaired) electrons. The number of hydrogen-bond donors (Lipinski definition) is 1. The smallest absolute Gasteiger partial charge is 0.416 e. The first-order valence-corrected chi connectivity index (χ1v) is 10.7. The topological polar surface area (TPSA) is 41.6 Å². The lowest BCUT2D eigenvalue weighted by Crippen LogP contribution is -2.47. The number of fused-ring (bicyclic) bond motifs is 1. The van der Waals surface area contributed by atoms with Crippen molar-refractivity contribution < 1.29 is 55.9 Å². The van der Waals surface area contributed by atoms with Crippen molar-refractivity contribution in [2.24, 2.45) is 0 Å². The van der Waals surface area contributed by atoms with E-state index in [-0.39, 0.29) is 23.9 Å². The van der Waals surface area contributed by atoms with E-state index in [1.165, 1.54) is 6.92 Å². The van der Waals surface area contributed by atoms with Gasteiger partial charge in [0.25, 0.3) is 0 Å². The third-order valence-electron chi connectivity index (χ3n) is 5.59. The van der Waals surface area contributed by atoms with E-state index in [1.54, 1.807) is 0 Å². The SMILES string of the molecule is [2H]C([2H])([2H])C([2H])([2H])[C@H]1C[C@H](NCc2cc(C(F)(F)F)cc(C(F)(F)F)c2)c2cc(C(F)(F)F)ccc2N1C(=O)OCC. The summed E-state index contributed by atoms with van der Waals surface area (Å²) in [6.45, 7) is -3.06. The van der Waals surface area contributed by atoms with E-state index in [0.29, 0.717) is 29.2 Å². The van der Waals surface area contributed by atoms with E-state index in [0.717, 1.165) is 6.07 Å². The zero-order valence-corrected chi connectivity index (χ0v) is 18.9. The third kappa shape index (κ3) is 6.49. The predicted molar refractivity (Wildman–Crippen MR) is 116 cm³/mol. The number of anilines is 1. The number of hydrogen-bond acceptors (Lipinski definition) is 3. The van der Waals surface area contributed by atoms with Crippen molar-refractivity contribution in [3.63, 3.8) is 0 Å². The number of carbonyl (C=O) groups excluding carboxylic acids is 1. The Balaban J connectivity index is 2.17. The number of ether oxygens (including phenoxy) is 1. The molecule has 2 aromatic rings. The van der Waals surface area contributed by atoms with Gasteiger partial charge in [-0.25, -0.2) is 4.79 Å². The van der Waals surface area contributed by atoms with Crippen molar-refractivity contribution in [3.8, 4) is 0 Å². The van der Waals surface area contributed by atoms with E-state index in [1.807, 2.05) is 0 Å². The highest BCUT2D eigenvalue weighted by atomic mass is 19.4. The number of alkyl halides is 9. The van der Waals surface area contributed by atoms with E-state index in [9.17, 15) is 44.3 Å². The average molecular weight is 547 g/mol. The van der Waals surface area contributed by atoms with Crippen LogP contribution in [0.4, 0.5) is 50.0 Å². The first-order chi connectivity index (χ1) is 19.0. The fourth-order valence-corrected chi connectivity index (χ4v) is 3.95. The van der Waals surface area contributed by atoms with E-state index in [2.05, 4.69) is 5.32 Å². The molecule has 1 aliphatic rings. The zero-order valence-electron chi connectivity index (χ0n) is 23.9. The molecular weight excluding hydrogens is 519 g/mol. The molecule has 0 spiro atoms. The lowest BCUT2D eigenvalue weighted by molar-refractivity contribution is -0.143. The van der Waals surface area contributed by atoms with Crippen molar-refractivity contribution in [3.05, 3.63) is 64.2 Å². The second-order valence-corrected chi connectivity index (χ2v) is 8.08. The minimum atomic E-state index is -5.17. The first kappa shape index (κ1) is 22.1. The number of carbonyl (C=O) groups is 1. The van der Waals surface area contributed by atoms with Gasteiger partial charge in [-0.2, -0.15) is 39.5 Å². The van der Waals surface area contributed by atoms with Crippen LogP contribution in [0, 0.1) is 0 Å².